The van der Waals surface area contributed by atoms with Crippen LogP contribution in [0.3, 0.4) is 0 Å². The summed E-state index contributed by atoms with van der Waals surface area (Å²) < 4.78 is 10.9. The molecule has 1 spiro atoms. The average molecular weight is 347 g/mol. The zero-order valence-corrected chi connectivity index (χ0v) is 15.1. The maximum absolute atomic E-state index is 13.0. The van der Waals surface area contributed by atoms with E-state index < -0.39 is 5.60 Å². The van der Waals surface area contributed by atoms with Gasteiger partial charge in [0, 0.05) is 30.6 Å². The molecular weight excluding hydrogens is 322 g/mol. The number of aromatic nitrogens is 1. The fraction of sp³-hybridized carbons (Fsp3) is 0.722. The van der Waals surface area contributed by atoms with Crippen molar-refractivity contribution in [2.24, 2.45) is 0 Å². The van der Waals surface area contributed by atoms with E-state index in [-0.39, 0.29) is 17.5 Å². The Bertz CT molecular complexity index is 714. The highest BCUT2D eigenvalue weighted by Crippen LogP contribution is 2.50. The Hall–Kier alpha value is -2.05. The van der Waals surface area contributed by atoms with Crippen molar-refractivity contribution < 1.29 is 18.8 Å². The Kier molecular flexibility index (Phi) is 3.60. The molecule has 0 N–H and O–H groups in total. The third-order valence-corrected chi connectivity index (χ3v) is 5.35. The van der Waals surface area contributed by atoms with Crippen LogP contribution >= 0.6 is 0 Å². The van der Waals surface area contributed by atoms with Gasteiger partial charge in [-0.2, -0.15) is 0 Å². The predicted molar refractivity (Wildman–Crippen MR) is 89.1 cm³/mol. The van der Waals surface area contributed by atoms with Gasteiger partial charge in [0.05, 0.1) is 6.54 Å². The molecule has 2 amide bonds. The van der Waals surface area contributed by atoms with Crippen LogP contribution in [0, 0.1) is 0 Å². The highest BCUT2D eigenvalue weighted by molar-refractivity contribution is 5.95. The van der Waals surface area contributed by atoms with Crippen molar-refractivity contribution in [3.63, 3.8) is 0 Å². The Morgan fingerprint density at radius 3 is 2.64 bits per heavy atom. The van der Waals surface area contributed by atoms with Gasteiger partial charge < -0.3 is 19.1 Å². The van der Waals surface area contributed by atoms with Gasteiger partial charge in [-0.25, -0.2) is 4.79 Å². The van der Waals surface area contributed by atoms with E-state index in [1.165, 1.54) is 0 Å². The molecule has 1 saturated heterocycles. The summed E-state index contributed by atoms with van der Waals surface area (Å²) in [5.74, 6) is 0.665. The van der Waals surface area contributed by atoms with Gasteiger partial charge in [-0.1, -0.05) is 5.16 Å². The van der Waals surface area contributed by atoms with E-state index in [1.54, 1.807) is 4.90 Å². The van der Waals surface area contributed by atoms with Crippen LogP contribution in [-0.2, 0) is 17.7 Å². The first-order chi connectivity index (χ1) is 11.8. The molecule has 0 unspecified atom stereocenters. The quantitative estimate of drug-likeness (QED) is 0.781. The number of nitrogens with zero attached hydrogens (tertiary/aromatic N) is 3. The minimum absolute atomic E-state index is 0.0500. The molecule has 1 saturated carbocycles. The third kappa shape index (κ3) is 2.89. The molecule has 0 atom stereocenters. The number of fused-ring (bicyclic) bond motifs is 1. The fourth-order valence-electron chi connectivity index (χ4n) is 3.91. The van der Waals surface area contributed by atoms with Gasteiger partial charge in [0.25, 0.3) is 5.91 Å². The van der Waals surface area contributed by atoms with Crippen LogP contribution in [0.1, 0.15) is 68.3 Å². The van der Waals surface area contributed by atoms with Crippen LogP contribution in [0.15, 0.2) is 4.52 Å². The van der Waals surface area contributed by atoms with Crippen molar-refractivity contribution in [2.75, 3.05) is 13.1 Å². The Labute approximate surface area is 147 Å². The van der Waals surface area contributed by atoms with Gasteiger partial charge in [-0.15, -0.1) is 0 Å². The Morgan fingerprint density at radius 1 is 1.20 bits per heavy atom. The van der Waals surface area contributed by atoms with E-state index >= 15 is 0 Å². The molecule has 1 aromatic heterocycles. The number of amides is 2. The molecule has 25 heavy (non-hydrogen) atoms. The number of carbonyl (C=O) groups excluding carboxylic acids is 2. The van der Waals surface area contributed by atoms with E-state index in [2.05, 4.69) is 5.16 Å². The lowest BCUT2D eigenvalue weighted by molar-refractivity contribution is 0.0217. The zero-order valence-electron chi connectivity index (χ0n) is 15.1. The number of hydrogen-bond acceptors (Lipinski definition) is 5. The van der Waals surface area contributed by atoms with Gasteiger partial charge in [0.15, 0.2) is 5.69 Å². The van der Waals surface area contributed by atoms with Crippen LogP contribution in [0.4, 0.5) is 4.79 Å². The summed E-state index contributed by atoms with van der Waals surface area (Å²) in [6.45, 7) is 7.15. The number of likely N-dealkylation sites (tertiary alicyclic amines) is 1. The minimum Gasteiger partial charge on any atom is -0.444 e. The third-order valence-electron chi connectivity index (χ3n) is 5.35. The average Bonchev–Trinajstić information content (AvgIpc) is 3.01. The molecule has 0 bridgehead atoms. The van der Waals surface area contributed by atoms with Crippen LogP contribution in [0.2, 0.25) is 0 Å². The van der Waals surface area contributed by atoms with Crippen molar-refractivity contribution in [1.82, 2.24) is 15.0 Å². The van der Waals surface area contributed by atoms with Crippen LogP contribution < -0.4 is 0 Å². The van der Waals surface area contributed by atoms with Crippen LogP contribution in [-0.4, -0.2) is 51.2 Å². The maximum Gasteiger partial charge on any atom is 0.410 e. The minimum atomic E-state index is -0.543. The molecular formula is C18H25N3O4. The van der Waals surface area contributed by atoms with Gasteiger partial charge in [-0.05, 0) is 46.5 Å². The zero-order chi connectivity index (χ0) is 17.8. The number of ether oxygens (including phenoxy) is 1. The first-order valence-electron chi connectivity index (χ1n) is 9.06. The summed E-state index contributed by atoms with van der Waals surface area (Å²) in [7, 11) is 0. The van der Waals surface area contributed by atoms with Crippen molar-refractivity contribution in [3.05, 3.63) is 17.0 Å². The van der Waals surface area contributed by atoms with E-state index in [1.807, 2.05) is 25.7 Å². The molecule has 0 radical (unpaired) electrons. The molecule has 3 aliphatic rings. The molecule has 2 aliphatic heterocycles. The molecule has 3 heterocycles. The molecule has 7 heteroatoms. The normalized spacial score (nSPS) is 21.4. The number of hydrogen-bond donors (Lipinski definition) is 0. The van der Waals surface area contributed by atoms with E-state index in [9.17, 15) is 9.59 Å². The van der Waals surface area contributed by atoms with E-state index in [0.29, 0.717) is 31.0 Å². The van der Waals surface area contributed by atoms with Crippen LogP contribution in [0.25, 0.3) is 0 Å². The monoisotopic (exact) mass is 347 g/mol. The van der Waals surface area contributed by atoms with Gasteiger partial charge in [-0.3, -0.25) is 4.79 Å². The second-order valence-electron chi connectivity index (χ2n) is 8.37. The molecule has 2 fully saturated rings. The predicted octanol–water partition coefficient (Wildman–Crippen LogP) is 2.74. The van der Waals surface area contributed by atoms with E-state index in [0.717, 1.165) is 37.8 Å². The lowest BCUT2D eigenvalue weighted by Gasteiger charge is -2.30. The molecule has 0 aromatic carbocycles. The van der Waals surface area contributed by atoms with Crippen molar-refractivity contribution in [2.45, 2.75) is 70.6 Å². The van der Waals surface area contributed by atoms with Gasteiger partial charge in [0.1, 0.15) is 11.4 Å². The summed E-state index contributed by atoms with van der Waals surface area (Å²) >= 11 is 0. The van der Waals surface area contributed by atoms with E-state index in [4.69, 9.17) is 9.26 Å². The van der Waals surface area contributed by atoms with Crippen molar-refractivity contribution >= 4 is 12.0 Å². The maximum atomic E-state index is 13.0. The topological polar surface area (TPSA) is 75.9 Å². The molecule has 1 aliphatic carbocycles. The second-order valence-corrected chi connectivity index (χ2v) is 8.37. The van der Waals surface area contributed by atoms with Gasteiger partial charge >= 0.3 is 6.09 Å². The SMILES string of the molecule is CC(C)(C)OC(=O)N1CCc2onc(C(=O)N3CCCC34CC4)c2C1. The summed E-state index contributed by atoms with van der Waals surface area (Å²) in [6.07, 6.45) is 4.50. The Morgan fingerprint density at radius 2 is 1.96 bits per heavy atom. The first kappa shape index (κ1) is 16.4. The smallest absolute Gasteiger partial charge is 0.410 e. The first-order valence-corrected chi connectivity index (χ1v) is 9.06. The second kappa shape index (κ2) is 5.47. The summed E-state index contributed by atoms with van der Waals surface area (Å²) in [6, 6.07) is 0. The molecule has 136 valence electrons. The van der Waals surface area contributed by atoms with Gasteiger partial charge in [0.2, 0.25) is 0 Å². The number of carbonyl (C=O) groups is 2. The van der Waals surface area contributed by atoms with Crippen LogP contribution in [0.5, 0.6) is 0 Å². The Balaban J connectivity index is 1.53. The molecule has 1 aromatic rings. The highest BCUT2D eigenvalue weighted by Gasteiger charge is 2.53. The molecule has 7 nitrogen and oxygen atoms in total. The summed E-state index contributed by atoms with van der Waals surface area (Å²) in [5.41, 5.74) is 0.641. The largest absolute Gasteiger partial charge is 0.444 e. The summed E-state index contributed by atoms with van der Waals surface area (Å²) in [4.78, 5) is 29.0. The lowest BCUT2D eigenvalue weighted by atomic mass is 10.1. The summed E-state index contributed by atoms with van der Waals surface area (Å²) in [5, 5.41) is 4.06. The fourth-order valence-corrected chi connectivity index (χ4v) is 3.91. The lowest BCUT2D eigenvalue weighted by Crippen LogP contribution is -2.41. The van der Waals surface area contributed by atoms with Crippen molar-refractivity contribution in [1.29, 1.82) is 0 Å². The van der Waals surface area contributed by atoms with Crippen molar-refractivity contribution in [3.8, 4) is 0 Å². The highest BCUT2D eigenvalue weighted by atomic mass is 16.6. The standard InChI is InChI=1S/C18H25N3O4/c1-17(2,3)24-16(23)20-10-5-13-12(11-20)14(19-25-13)15(22)21-9-4-6-18(21)7-8-18/h4-11H2,1-3H3. The molecule has 4 rings (SSSR count). The number of rotatable bonds is 1.